The molecule has 1 aromatic heterocycles. The Kier molecular flexibility index (Phi) is 6.43. The van der Waals surface area contributed by atoms with Crippen LogP contribution >= 0.6 is 0 Å². The summed E-state index contributed by atoms with van der Waals surface area (Å²) in [4.78, 5) is 25.4. The summed E-state index contributed by atoms with van der Waals surface area (Å²) in [5.74, 6) is 0.327. The molecule has 0 aliphatic carbocycles. The van der Waals surface area contributed by atoms with E-state index in [0.717, 1.165) is 36.6 Å². The molecule has 0 saturated carbocycles. The molecule has 2 saturated heterocycles. The van der Waals surface area contributed by atoms with Crippen LogP contribution in [-0.4, -0.2) is 69.6 Å². The molecule has 0 radical (unpaired) electrons. The van der Waals surface area contributed by atoms with Crippen molar-refractivity contribution in [3.05, 3.63) is 24.3 Å². The highest BCUT2D eigenvalue weighted by atomic mass is 16.6. The maximum Gasteiger partial charge on any atom is 0.414 e. The van der Waals surface area contributed by atoms with E-state index in [1.54, 1.807) is 0 Å². The van der Waals surface area contributed by atoms with Crippen LogP contribution in [0.3, 0.4) is 0 Å². The Hall–Kier alpha value is -2.65. The average Bonchev–Trinajstić information content (AvgIpc) is 3.20. The van der Waals surface area contributed by atoms with Gasteiger partial charge in [0.05, 0.1) is 17.0 Å². The first-order valence-electron chi connectivity index (χ1n) is 11.0. The van der Waals surface area contributed by atoms with E-state index in [4.69, 9.17) is 4.74 Å². The maximum atomic E-state index is 12.6. The Labute approximate surface area is 181 Å². The van der Waals surface area contributed by atoms with Gasteiger partial charge < -0.3 is 20.5 Å². The molecule has 9 nitrogen and oxygen atoms in total. The highest BCUT2D eigenvalue weighted by Gasteiger charge is 2.41. The van der Waals surface area contributed by atoms with Crippen molar-refractivity contribution in [2.45, 2.75) is 69.8 Å². The molecule has 2 aliphatic rings. The summed E-state index contributed by atoms with van der Waals surface area (Å²) in [5, 5.41) is 21.0. The topological polar surface area (TPSA) is 109 Å². The first-order chi connectivity index (χ1) is 15.0. The maximum absolute atomic E-state index is 12.6. The monoisotopic (exact) mass is 429 g/mol. The summed E-state index contributed by atoms with van der Waals surface area (Å²) in [6.07, 6.45) is 3.28. The van der Waals surface area contributed by atoms with Crippen molar-refractivity contribution < 1.29 is 19.4 Å². The number of para-hydroxylation sites is 1. The number of hydrogen-bond donors (Lipinski definition) is 3. The van der Waals surface area contributed by atoms with Crippen LogP contribution in [0.25, 0.3) is 10.9 Å². The van der Waals surface area contributed by atoms with Crippen molar-refractivity contribution in [1.29, 1.82) is 0 Å². The Morgan fingerprint density at radius 1 is 1.29 bits per heavy atom. The van der Waals surface area contributed by atoms with Crippen LogP contribution in [0.1, 0.15) is 45.6 Å². The van der Waals surface area contributed by atoms with Gasteiger partial charge in [-0.25, -0.2) is 4.79 Å². The third kappa shape index (κ3) is 4.67. The molecule has 2 bridgehead atoms. The molecule has 0 spiro atoms. The standard InChI is InChI=1S/C22H31N5O4/c1-14(2)27-20-6-4-3-5-19(20)21(25-27)31-22(30)24-15-9-16-7-8-17(10-15)26(16)12-18(29)11-23-13-28/h3-6,13-18,29H,7-12H2,1-2H3,(H,23,28)(H,24,30)/t15?,16-,17+,18?. The number of nitrogens with zero attached hydrogens (tertiary/aromatic N) is 3. The van der Waals surface area contributed by atoms with Gasteiger partial charge in [0.2, 0.25) is 6.41 Å². The predicted octanol–water partition coefficient (Wildman–Crippen LogP) is 1.81. The number of hydrogen-bond acceptors (Lipinski definition) is 6. The number of aromatic nitrogens is 2. The summed E-state index contributed by atoms with van der Waals surface area (Å²) in [7, 11) is 0. The minimum atomic E-state index is -0.591. The number of rotatable bonds is 8. The minimum Gasteiger partial charge on any atom is -0.390 e. The van der Waals surface area contributed by atoms with E-state index in [1.165, 1.54) is 0 Å². The van der Waals surface area contributed by atoms with E-state index in [-0.39, 0.29) is 18.6 Å². The van der Waals surface area contributed by atoms with Crippen LogP contribution in [0.2, 0.25) is 0 Å². The van der Waals surface area contributed by atoms with Gasteiger partial charge in [0.1, 0.15) is 0 Å². The summed E-state index contributed by atoms with van der Waals surface area (Å²) in [6, 6.07) is 8.56. The van der Waals surface area contributed by atoms with Gasteiger partial charge in [0, 0.05) is 37.3 Å². The molecule has 4 rings (SSSR count). The molecule has 2 unspecified atom stereocenters. The number of aliphatic hydroxyl groups is 1. The summed E-state index contributed by atoms with van der Waals surface area (Å²) < 4.78 is 7.47. The Morgan fingerprint density at radius 3 is 2.68 bits per heavy atom. The van der Waals surface area contributed by atoms with E-state index < -0.39 is 12.2 Å². The first-order valence-corrected chi connectivity index (χ1v) is 11.0. The van der Waals surface area contributed by atoms with Crippen LogP contribution in [0.5, 0.6) is 5.88 Å². The second-order valence-electron chi connectivity index (χ2n) is 8.82. The molecule has 9 heteroatoms. The number of aliphatic hydroxyl groups excluding tert-OH is 1. The highest BCUT2D eigenvalue weighted by molar-refractivity contribution is 5.87. The lowest BCUT2D eigenvalue weighted by molar-refractivity contribution is -0.110. The fraction of sp³-hybridized carbons (Fsp3) is 0.591. The zero-order valence-electron chi connectivity index (χ0n) is 18.0. The number of carbonyl (C=O) groups is 2. The van der Waals surface area contributed by atoms with Crippen LogP contribution < -0.4 is 15.4 Å². The second kappa shape index (κ2) is 9.23. The molecular formula is C22H31N5O4. The molecule has 2 aliphatic heterocycles. The number of ether oxygens (including phenoxy) is 1. The van der Waals surface area contributed by atoms with Crippen molar-refractivity contribution in [3.8, 4) is 5.88 Å². The van der Waals surface area contributed by atoms with E-state index in [2.05, 4.69) is 20.6 Å². The molecule has 2 fully saturated rings. The normalized spacial score (nSPS) is 24.3. The first kappa shape index (κ1) is 21.6. The lowest BCUT2D eigenvalue weighted by Gasteiger charge is -2.39. The van der Waals surface area contributed by atoms with Gasteiger partial charge in [-0.15, -0.1) is 5.10 Å². The van der Waals surface area contributed by atoms with Gasteiger partial charge in [-0.05, 0) is 51.7 Å². The van der Waals surface area contributed by atoms with Crippen molar-refractivity contribution >= 4 is 23.4 Å². The van der Waals surface area contributed by atoms with Gasteiger partial charge in [0.25, 0.3) is 5.88 Å². The molecule has 31 heavy (non-hydrogen) atoms. The quantitative estimate of drug-likeness (QED) is 0.552. The van der Waals surface area contributed by atoms with Crippen LogP contribution in [0.4, 0.5) is 4.79 Å². The van der Waals surface area contributed by atoms with Gasteiger partial charge >= 0.3 is 6.09 Å². The number of nitrogens with one attached hydrogen (secondary N) is 2. The summed E-state index contributed by atoms with van der Waals surface area (Å²) >= 11 is 0. The van der Waals surface area contributed by atoms with Crippen molar-refractivity contribution in [2.75, 3.05) is 13.1 Å². The van der Waals surface area contributed by atoms with Gasteiger partial charge in [0.15, 0.2) is 0 Å². The van der Waals surface area contributed by atoms with E-state index in [0.29, 0.717) is 30.9 Å². The molecule has 3 N–H and O–H groups in total. The number of benzene rings is 1. The number of amides is 2. The Bertz CT molecular complexity index is 916. The fourth-order valence-corrected chi connectivity index (χ4v) is 4.99. The Balaban J connectivity index is 1.36. The smallest absolute Gasteiger partial charge is 0.390 e. The number of carbonyl (C=O) groups excluding carboxylic acids is 2. The van der Waals surface area contributed by atoms with Gasteiger partial charge in [-0.3, -0.25) is 14.4 Å². The van der Waals surface area contributed by atoms with Crippen molar-refractivity contribution in [2.24, 2.45) is 0 Å². The molecule has 168 valence electrons. The molecule has 4 atom stereocenters. The largest absolute Gasteiger partial charge is 0.414 e. The zero-order chi connectivity index (χ0) is 22.0. The van der Waals surface area contributed by atoms with Gasteiger partial charge in [-0.1, -0.05) is 12.1 Å². The lowest BCUT2D eigenvalue weighted by atomic mass is 9.97. The second-order valence-corrected chi connectivity index (χ2v) is 8.82. The molecule has 2 amide bonds. The third-order valence-corrected chi connectivity index (χ3v) is 6.32. The summed E-state index contributed by atoms with van der Waals surface area (Å²) in [6.45, 7) is 4.87. The summed E-state index contributed by atoms with van der Waals surface area (Å²) in [5.41, 5.74) is 0.939. The van der Waals surface area contributed by atoms with Crippen LogP contribution in [0.15, 0.2) is 24.3 Å². The predicted molar refractivity (Wildman–Crippen MR) is 116 cm³/mol. The van der Waals surface area contributed by atoms with E-state index in [1.807, 2.05) is 42.8 Å². The molecule has 2 aromatic rings. The van der Waals surface area contributed by atoms with E-state index >= 15 is 0 Å². The number of piperidine rings is 1. The van der Waals surface area contributed by atoms with Crippen molar-refractivity contribution in [1.82, 2.24) is 25.3 Å². The number of fused-ring (bicyclic) bond motifs is 3. The molecule has 1 aromatic carbocycles. The van der Waals surface area contributed by atoms with Crippen LogP contribution in [0, 0.1) is 0 Å². The average molecular weight is 430 g/mol. The minimum absolute atomic E-state index is 0.0324. The Morgan fingerprint density at radius 2 is 2.00 bits per heavy atom. The fourth-order valence-electron chi connectivity index (χ4n) is 4.99. The SMILES string of the molecule is CC(C)n1nc(OC(=O)NC2C[C@H]3CC[C@@H](C2)N3CC(O)CNC=O)c2ccccc21. The van der Waals surface area contributed by atoms with Crippen LogP contribution in [-0.2, 0) is 4.79 Å². The van der Waals surface area contributed by atoms with Crippen molar-refractivity contribution in [3.63, 3.8) is 0 Å². The zero-order valence-corrected chi connectivity index (χ0v) is 18.0. The third-order valence-electron chi connectivity index (χ3n) is 6.32. The molecular weight excluding hydrogens is 398 g/mol. The van der Waals surface area contributed by atoms with Gasteiger partial charge in [-0.2, -0.15) is 0 Å². The van der Waals surface area contributed by atoms with E-state index in [9.17, 15) is 14.7 Å². The highest BCUT2D eigenvalue weighted by Crippen LogP contribution is 2.36. The molecule has 3 heterocycles. The lowest BCUT2D eigenvalue weighted by Crippen LogP contribution is -2.53.